The number of nitrogens with one attached hydrogen (secondary N) is 2. The average molecular weight is 387 g/mol. The van der Waals surface area contributed by atoms with Crippen LogP contribution in [0.2, 0.25) is 5.02 Å². The zero-order chi connectivity index (χ0) is 18.7. The molecule has 1 aliphatic rings. The van der Waals surface area contributed by atoms with Gasteiger partial charge in [0, 0.05) is 11.6 Å². The number of alkyl halides is 3. The van der Waals surface area contributed by atoms with E-state index in [0.717, 1.165) is 32.1 Å². The number of hydrogen-bond acceptors (Lipinski definition) is 3. The normalized spacial score (nSPS) is 17.5. The molecular formula is C17H18ClF3N4O. The summed E-state index contributed by atoms with van der Waals surface area (Å²) in [5.41, 5.74) is -1.41. The Hall–Kier alpha value is -2.06. The molecule has 2 aromatic rings. The fourth-order valence-corrected chi connectivity index (χ4v) is 3.14. The number of hydrogen-bond donors (Lipinski definition) is 2. The maximum Gasteiger partial charge on any atom is 0.434 e. The van der Waals surface area contributed by atoms with Crippen molar-refractivity contribution in [1.82, 2.24) is 20.4 Å². The average Bonchev–Trinajstić information content (AvgIpc) is 3.24. The number of nitrogens with zero attached hydrogens (tertiary/aromatic N) is 2. The smallest absolute Gasteiger partial charge is 0.352 e. The minimum Gasteiger partial charge on any atom is -0.352 e. The van der Waals surface area contributed by atoms with Crippen LogP contribution in [0.1, 0.15) is 28.9 Å². The molecule has 1 atom stereocenters. The Morgan fingerprint density at radius 1 is 1.35 bits per heavy atom. The van der Waals surface area contributed by atoms with Crippen molar-refractivity contribution < 1.29 is 18.0 Å². The van der Waals surface area contributed by atoms with Gasteiger partial charge in [-0.05, 0) is 56.1 Å². The van der Waals surface area contributed by atoms with Gasteiger partial charge in [-0.25, -0.2) is 4.68 Å². The lowest BCUT2D eigenvalue weighted by atomic mass is 10.1. The number of rotatable bonds is 5. The van der Waals surface area contributed by atoms with Crippen LogP contribution < -0.4 is 10.6 Å². The Balaban J connectivity index is 1.80. The molecule has 0 spiro atoms. The summed E-state index contributed by atoms with van der Waals surface area (Å²) in [6, 6.07) is 5.76. The highest BCUT2D eigenvalue weighted by Gasteiger charge is 2.40. The Morgan fingerprint density at radius 3 is 2.69 bits per heavy atom. The second-order valence-corrected chi connectivity index (χ2v) is 6.63. The quantitative estimate of drug-likeness (QED) is 0.829. The zero-order valence-electron chi connectivity index (χ0n) is 13.8. The van der Waals surface area contributed by atoms with Crippen molar-refractivity contribution in [2.24, 2.45) is 5.92 Å². The predicted octanol–water partition coefficient (Wildman–Crippen LogP) is 3.27. The van der Waals surface area contributed by atoms with Gasteiger partial charge in [-0.3, -0.25) is 4.79 Å². The molecule has 3 rings (SSSR count). The van der Waals surface area contributed by atoms with Crippen LogP contribution >= 0.6 is 11.6 Å². The molecule has 1 fully saturated rings. The maximum absolute atomic E-state index is 13.6. The molecule has 1 aromatic heterocycles. The molecule has 0 saturated carbocycles. The Bertz CT molecular complexity index is 767. The Morgan fingerprint density at radius 2 is 2.08 bits per heavy atom. The number of halogens is 4. The molecule has 1 aromatic carbocycles. The molecule has 0 aliphatic carbocycles. The molecule has 0 bridgehead atoms. The van der Waals surface area contributed by atoms with Crippen molar-refractivity contribution in [3.63, 3.8) is 0 Å². The first-order chi connectivity index (χ1) is 12.4. The standard InChI is InChI=1S/C17H18ClF3N4O/c18-12-1-3-13(4-2-12)25-15(17(19,20)21)14(10-24-25)16(26)23-8-6-11-5-7-22-9-11/h1-4,10-11,22H,5-9H2,(H,23,26). The summed E-state index contributed by atoms with van der Waals surface area (Å²) in [4.78, 5) is 12.3. The number of carbonyl (C=O) groups is 1. The Labute approximate surface area is 153 Å². The number of aromatic nitrogens is 2. The van der Waals surface area contributed by atoms with Gasteiger partial charge in [-0.1, -0.05) is 11.6 Å². The summed E-state index contributed by atoms with van der Waals surface area (Å²) in [5.74, 6) is -0.335. The van der Waals surface area contributed by atoms with Gasteiger partial charge in [0.05, 0.1) is 17.4 Å². The molecule has 1 aliphatic heterocycles. The molecule has 26 heavy (non-hydrogen) atoms. The monoisotopic (exact) mass is 386 g/mol. The topological polar surface area (TPSA) is 59.0 Å². The van der Waals surface area contributed by atoms with E-state index in [-0.39, 0.29) is 5.69 Å². The van der Waals surface area contributed by atoms with E-state index in [9.17, 15) is 18.0 Å². The van der Waals surface area contributed by atoms with E-state index in [1.54, 1.807) is 0 Å². The number of amides is 1. The largest absolute Gasteiger partial charge is 0.434 e. The predicted molar refractivity (Wildman–Crippen MR) is 91.5 cm³/mol. The van der Waals surface area contributed by atoms with Crippen molar-refractivity contribution in [3.05, 3.63) is 46.7 Å². The molecule has 5 nitrogen and oxygen atoms in total. The van der Waals surface area contributed by atoms with Gasteiger partial charge in [-0.15, -0.1) is 0 Å². The molecule has 2 N–H and O–H groups in total. The molecule has 1 unspecified atom stereocenters. The number of carbonyl (C=O) groups excluding carboxylic acids is 1. The van der Waals surface area contributed by atoms with Crippen LogP contribution in [-0.2, 0) is 6.18 Å². The first-order valence-electron chi connectivity index (χ1n) is 8.26. The Kier molecular flexibility index (Phi) is 5.52. The summed E-state index contributed by atoms with van der Waals surface area (Å²) >= 11 is 5.78. The van der Waals surface area contributed by atoms with Crippen molar-refractivity contribution in [1.29, 1.82) is 0 Å². The SMILES string of the molecule is O=C(NCCC1CCNC1)c1cnn(-c2ccc(Cl)cc2)c1C(F)(F)F. The summed E-state index contributed by atoms with van der Waals surface area (Å²) in [6.45, 7) is 2.14. The van der Waals surface area contributed by atoms with E-state index < -0.39 is 23.3 Å². The third-order valence-corrected chi connectivity index (χ3v) is 4.61. The van der Waals surface area contributed by atoms with E-state index in [4.69, 9.17) is 11.6 Å². The molecule has 9 heteroatoms. The van der Waals surface area contributed by atoms with E-state index in [2.05, 4.69) is 15.7 Å². The van der Waals surface area contributed by atoms with Crippen molar-refractivity contribution in [3.8, 4) is 5.69 Å². The van der Waals surface area contributed by atoms with Gasteiger partial charge >= 0.3 is 6.18 Å². The van der Waals surface area contributed by atoms with Gasteiger partial charge < -0.3 is 10.6 Å². The van der Waals surface area contributed by atoms with Crippen LogP contribution in [0.5, 0.6) is 0 Å². The summed E-state index contributed by atoms with van der Waals surface area (Å²) in [7, 11) is 0. The van der Waals surface area contributed by atoms with Gasteiger partial charge in [0.25, 0.3) is 5.91 Å². The van der Waals surface area contributed by atoms with Gasteiger partial charge in [0.15, 0.2) is 5.69 Å². The first kappa shape index (κ1) is 18.7. The minimum absolute atomic E-state index is 0.179. The third kappa shape index (κ3) is 4.19. The van der Waals surface area contributed by atoms with Gasteiger partial charge in [0.1, 0.15) is 0 Å². The van der Waals surface area contributed by atoms with Crippen LogP contribution in [0, 0.1) is 5.92 Å². The van der Waals surface area contributed by atoms with Crippen LogP contribution in [0.3, 0.4) is 0 Å². The minimum atomic E-state index is -4.72. The summed E-state index contributed by atoms with van der Waals surface area (Å²) < 4.78 is 41.4. The first-order valence-corrected chi connectivity index (χ1v) is 8.64. The molecule has 1 saturated heterocycles. The van der Waals surface area contributed by atoms with E-state index >= 15 is 0 Å². The highest BCUT2D eigenvalue weighted by atomic mass is 35.5. The van der Waals surface area contributed by atoms with Crippen LogP contribution in [0.15, 0.2) is 30.5 Å². The summed E-state index contributed by atoms with van der Waals surface area (Å²) in [5, 5.41) is 9.95. The van der Waals surface area contributed by atoms with E-state index in [0.29, 0.717) is 22.2 Å². The van der Waals surface area contributed by atoms with Crippen molar-refractivity contribution in [2.75, 3.05) is 19.6 Å². The van der Waals surface area contributed by atoms with Crippen molar-refractivity contribution in [2.45, 2.75) is 19.0 Å². The second kappa shape index (κ2) is 7.67. The molecule has 140 valence electrons. The summed E-state index contributed by atoms with van der Waals surface area (Å²) in [6.07, 6.45) is -2.04. The molecule has 0 radical (unpaired) electrons. The van der Waals surface area contributed by atoms with Gasteiger partial charge in [0.2, 0.25) is 0 Å². The molecule has 1 amide bonds. The van der Waals surface area contributed by atoms with Crippen LogP contribution in [0.4, 0.5) is 13.2 Å². The second-order valence-electron chi connectivity index (χ2n) is 6.20. The third-order valence-electron chi connectivity index (χ3n) is 4.35. The van der Waals surface area contributed by atoms with Crippen molar-refractivity contribution >= 4 is 17.5 Å². The lowest BCUT2D eigenvalue weighted by molar-refractivity contribution is -0.143. The zero-order valence-corrected chi connectivity index (χ0v) is 14.6. The fourth-order valence-electron chi connectivity index (χ4n) is 3.01. The molecular weight excluding hydrogens is 369 g/mol. The highest BCUT2D eigenvalue weighted by Crippen LogP contribution is 2.33. The van der Waals surface area contributed by atoms with Crippen LogP contribution in [0.25, 0.3) is 5.69 Å². The highest BCUT2D eigenvalue weighted by molar-refractivity contribution is 6.30. The van der Waals surface area contributed by atoms with Crippen LogP contribution in [-0.4, -0.2) is 35.3 Å². The van der Waals surface area contributed by atoms with E-state index in [1.165, 1.54) is 24.3 Å². The fraction of sp³-hybridized carbons (Fsp3) is 0.412. The molecule has 2 heterocycles. The van der Waals surface area contributed by atoms with Gasteiger partial charge in [-0.2, -0.15) is 18.3 Å². The maximum atomic E-state index is 13.6. The lowest BCUT2D eigenvalue weighted by Gasteiger charge is -2.13. The van der Waals surface area contributed by atoms with E-state index in [1.807, 2.05) is 0 Å². The lowest BCUT2D eigenvalue weighted by Crippen LogP contribution is -2.28. The number of benzene rings is 1.